The molecular weight excluding hydrogens is 1070 g/mol. The Labute approximate surface area is 512 Å². The van der Waals surface area contributed by atoms with Crippen molar-refractivity contribution in [1.82, 2.24) is 0 Å². The first-order valence-electron chi connectivity index (χ1n) is 32.6. The van der Waals surface area contributed by atoms with Gasteiger partial charge in [-0.05, 0) is 120 Å². The molecule has 0 heterocycles. The molecule has 0 aromatic heterocycles. The van der Waals surface area contributed by atoms with Gasteiger partial charge in [-0.2, -0.15) is 0 Å². The highest BCUT2D eigenvalue weighted by molar-refractivity contribution is 6.27. The molecule has 0 spiro atoms. The smallest absolute Gasteiger partial charge is 0.259 e. The molecule has 0 radical (unpaired) electrons. The minimum Gasteiger partial charge on any atom is -0.325 e. The van der Waals surface area contributed by atoms with Gasteiger partial charge in [-0.25, -0.2) is 8.78 Å². The third kappa shape index (κ3) is 21.0. The summed E-state index contributed by atoms with van der Waals surface area (Å²) in [5, 5.41) is 8.06. The minimum absolute atomic E-state index is 0.169. The Hall–Kier alpha value is -10.1. The predicted molar refractivity (Wildman–Crippen MR) is 334 cm³/mol. The summed E-state index contributed by atoms with van der Waals surface area (Å²) >= 11 is 0. The van der Waals surface area contributed by atoms with Crippen LogP contribution in [0, 0.1) is 42.2 Å². The van der Waals surface area contributed by atoms with Crippen LogP contribution in [0.25, 0.3) is 12.2 Å². The summed E-state index contributed by atoms with van der Waals surface area (Å²) in [7, 11) is 0. The molecule has 0 saturated heterocycles. The number of carbonyl (C=O) groups excluding carboxylic acids is 8. The minimum atomic E-state index is -1.48. The zero-order chi connectivity index (χ0) is 72.3. The molecule has 0 saturated carbocycles. The lowest BCUT2D eigenvalue weighted by Gasteiger charge is -2.26. The third-order valence-electron chi connectivity index (χ3n) is 11.9. The monoisotopic (exact) mass is 1150 g/mol. The van der Waals surface area contributed by atoms with E-state index in [1.807, 2.05) is 48.5 Å². The van der Waals surface area contributed by atoms with Gasteiger partial charge in [-0.1, -0.05) is 187 Å². The zero-order valence-electron chi connectivity index (χ0n) is 59.6. The van der Waals surface area contributed by atoms with Crippen molar-refractivity contribution in [1.29, 1.82) is 0 Å². The topological polar surface area (TPSA) is 173 Å². The lowest BCUT2D eigenvalue weighted by molar-refractivity contribution is -0.134. The molecule has 2 unspecified atom stereocenters. The molecule has 8 aromatic carbocycles. The fourth-order valence-electron chi connectivity index (χ4n) is 7.58. The summed E-state index contributed by atoms with van der Waals surface area (Å²) in [4.78, 5) is 101. The second-order valence-corrected chi connectivity index (χ2v) is 19.4. The number of hydrogen-bond donors (Lipinski definition) is 3. The summed E-state index contributed by atoms with van der Waals surface area (Å²) in [6, 6.07) is 36.1. The van der Waals surface area contributed by atoms with Crippen LogP contribution in [0.5, 0.6) is 0 Å². The van der Waals surface area contributed by atoms with Crippen molar-refractivity contribution in [3.05, 3.63) is 280 Å². The molecule has 8 rings (SSSR count). The van der Waals surface area contributed by atoms with Crippen molar-refractivity contribution in [2.45, 2.75) is 54.4 Å². The number of hydrogen-bond acceptors (Lipinski definition) is 8. The molecule has 11 nitrogen and oxygen atoms in total. The lowest BCUT2D eigenvalue weighted by Crippen LogP contribution is -2.40. The van der Waals surface area contributed by atoms with E-state index in [1.165, 1.54) is 6.92 Å². The molecule has 0 aliphatic carbocycles. The van der Waals surface area contributed by atoms with Gasteiger partial charge in [0.05, 0.1) is 33.5 Å². The molecule has 85 heavy (non-hydrogen) atoms. The van der Waals surface area contributed by atoms with E-state index in [4.69, 9.17) is 16.4 Å². The zero-order valence-corrected chi connectivity index (χ0v) is 47.6. The standard InChI is InChI=1S/C27H26FNO3.2C19H19NO2.C7H5FO/c1-17(2)25(30)24(27(32)29-21-12-8-5-9-13-21)23(19-10-6-4-7-11-19)26(31)20-14-15-22(28)18(3)16-20;2*1-14(2)18(21)17(13-15-9-5-3-6-10-15)19(22)20-16-11-7-4-8-12-16;8-7-3-1-6(5-9)2-4-7/h4-17,23-24H,1-3H3,(H,29,32);2*3-14H,1-2H3,(H,20,22);1-5H/i14D,15D,16D;3D,5D,6D,9D,10D;;1D,2D,3D,4D. The van der Waals surface area contributed by atoms with Crippen molar-refractivity contribution >= 4 is 76.4 Å². The number of anilines is 3. The van der Waals surface area contributed by atoms with Crippen molar-refractivity contribution in [2.24, 2.45) is 23.7 Å². The molecule has 0 aliphatic heterocycles. The molecule has 13 heteroatoms. The highest BCUT2D eigenvalue weighted by atomic mass is 19.1. The normalized spacial score (nSPS) is 13.6. The van der Waals surface area contributed by atoms with Crippen molar-refractivity contribution in [3.8, 4) is 0 Å². The van der Waals surface area contributed by atoms with E-state index < -0.39 is 148 Å². The predicted octanol–water partition coefficient (Wildman–Crippen LogP) is 15.1. The Balaban J connectivity index is 0.000000245. The van der Waals surface area contributed by atoms with Crippen molar-refractivity contribution in [3.63, 3.8) is 0 Å². The summed E-state index contributed by atoms with van der Waals surface area (Å²) in [6.45, 7) is 11.3. The number of benzene rings is 8. The van der Waals surface area contributed by atoms with Crippen molar-refractivity contribution < 1.29 is 63.6 Å². The Kier molecular flexibility index (Phi) is 19.6. The number of carbonyl (C=O) groups is 8. The van der Waals surface area contributed by atoms with Gasteiger partial charge < -0.3 is 16.0 Å². The van der Waals surface area contributed by atoms with Gasteiger partial charge in [0.2, 0.25) is 5.91 Å². The maximum atomic E-state index is 14.3. The average Bonchev–Trinajstić information content (AvgIpc) is 0.767. The highest BCUT2D eigenvalue weighted by Crippen LogP contribution is 2.33. The van der Waals surface area contributed by atoms with E-state index in [-0.39, 0.29) is 46.2 Å². The molecule has 3 N–H and O–H groups in total. The number of aldehydes is 1. The Morgan fingerprint density at radius 2 is 0.894 bits per heavy atom. The second-order valence-electron chi connectivity index (χ2n) is 19.4. The second kappa shape index (κ2) is 33.7. The van der Waals surface area contributed by atoms with E-state index in [2.05, 4.69) is 16.0 Å². The maximum Gasteiger partial charge on any atom is 0.259 e. The van der Waals surface area contributed by atoms with Gasteiger partial charge in [0, 0.05) is 45.9 Å². The number of rotatable bonds is 19. The first-order chi connectivity index (χ1) is 45.8. The van der Waals surface area contributed by atoms with Crippen LogP contribution in [-0.4, -0.2) is 47.1 Å². The number of ketones is 4. The lowest BCUT2D eigenvalue weighted by atomic mass is 9.75. The number of amides is 3. The van der Waals surface area contributed by atoms with Crippen LogP contribution in [0.1, 0.15) is 107 Å². The third-order valence-corrected chi connectivity index (χ3v) is 11.9. The summed E-state index contributed by atoms with van der Waals surface area (Å²) in [5.74, 6) is -10.3. The molecule has 8 aromatic rings. The molecule has 3 amide bonds. The number of halogens is 2. The summed E-state index contributed by atoms with van der Waals surface area (Å²) < 4.78 is 119. The SMILES string of the molecule is CC(C)C(=O)C(=Cc1ccccc1)C(=O)Nc1ccccc1.[2H]c1c([2H])c(C(=O)C(c2ccccc2)C(C(=O)Nc2ccccc2)C(=O)C(C)C)c([2H])c(C)c1F.[2H]c1c([2H])c(C=O)c([2H])c([2H])c1F.[2H]c1c([2H])c([2H])c(C=C(C(=O)Nc2ccccc2)C(=O)C(C)C)c([2H])c1[2H]. The van der Waals surface area contributed by atoms with Gasteiger partial charge in [0.15, 0.2) is 17.3 Å². The fourth-order valence-corrected chi connectivity index (χ4v) is 7.58. The van der Waals surface area contributed by atoms with E-state index in [9.17, 15) is 47.1 Å². The van der Waals surface area contributed by atoms with Crippen LogP contribution in [0.4, 0.5) is 25.8 Å². The van der Waals surface area contributed by atoms with E-state index in [1.54, 1.807) is 151 Å². The number of nitrogens with one attached hydrogen (secondary N) is 3. The first-order valence-corrected chi connectivity index (χ1v) is 26.6. The average molecular weight is 1150 g/mol. The molecule has 0 bridgehead atoms. The fraction of sp³-hybridized carbons (Fsp3) is 0.167. The van der Waals surface area contributed by atoms with Gasteiger partial charge in [0.1, 0.15) is 29.6 Å². The van der Waals surface area contributed by atoms with Gasteiger partial charge in [-0.3, -0.25) is 38.4 Å². The Bertz CT molecular complexity index is 4210. The van der Waals surface area contributed by atoms with Crippen LogP contribution in [0.2, 0.25) is 0 Å². The van der Waals surface area contributed by atoms with Gasteiger partial charge in [-0.15, -0.1) is 0 Å². The molecule has 2 atom stereocenters. The first kappa shape index (κ1) is 49.5. The molecule has 434 valence electrons. The van der Waals surface area contributed by atoms with Gasteiger partial charge >= 0.3 is 0 Å². The van der Waals surface area contributed by atoms with Crippen LogP contribution >= 0.6 is 0 Å². The van der Waals surface area contributed by atoms with Crippen LogP contribution in [-0.2, 0) is 28.8 Å². The van der Waals surface area contributed by atoms with E-state index in [0.29, 0.717) is 22.6 Å². The Morgan fingerprint density at radius 3 is 1.33 bits per heavy atom. The maximum absolute atomic E-state index is 14.3. The van der Waals surface area contributed by atoms with E-state index in [0.717, 1.165) is 11.6 Å². The summed E-state index contributed by atoms with van der Waals surface area (Å²) in [6.07, 6.45) is 2.89. The Morgan fingerprint density at radius 1 is 0.471 bits per heavy atom. The van der Waals surface area contributed by atoms with Crippen LogP contribution in [0.15, 0.2) is 235 Å². The van der Waals surface area contributed by atoms with Crippen LogP contribution in [0.3, 0.4) is 0 Å². The quantitative estimate of drug-likeness (QED) is 0.0236. The highest BCUT2D eigenvalue weighted by Gasteiger charge is 2.41. The number of para-hydroxylation sites is 3. The molecule has 0 aliphatic rings. The summed E-state index contributed by atoms with van der Waals surface area (Å²) in [5.41, 5.74) is 1.29. The molecule has 0 fully saturated rings. The number of Topliss-reactive ketones (excluding diaryl/α,β-unsaturated/α-hetero) is 4. The largest absolute Gasteiger partial charge is 0.325 e. The molecular formula is C72H69F2N3O8. The van der Waals surface area contributed by atoms with E-state index >= 15 is 0 Å². The van der Waals surface area contributed by atoms with Gasteiger partial charge in [0.25, 0.3) is 11.8 Å². The van der Waals surface area contributed by atoms with Crippen molar-refractivity contribution in [2.75, 3.05) is 16.0 Å². The van der Waals surface area contributed by atoms with Crippen LogP contribution < -0.4 is 16.0 Å².